The van der Waals surface area contributed by atoms with Gasteiger partial charge in [0.15, 0.2) is 5.69 Å². The number of aromatic nitrogens is 4. The minimum absolute atomic E-state index is 0.0551. The largest absolute Gasteiger partial charge is 0.481 e. The first-order chi connectivity index (χ1) is 24.0. The zero-order valence-electron chi connectivity index (χ0n) is 27.3. The highest BCUT2D eigenvalue weighted by molar-refractivity contribution is 7.93. The van der Waals surface area contributed by atoms with Crippen molar-refractivity contribution in [2.24, 2.45) is 0 Å². The third-order valence-corrected chi connectivity index (χ3v) is 12.1. The van der Waals surface area contributed by atoms with Gasteiger partial charge in [-0.3, -0.25) is 13.9 Å². The van der Waals surface area contributed by atoms with E-state index in [0.717, 1.165) is 16.0 Å². The summed E-state index contributed by atoms with van der Waals surface area (Å²) in [5, 5.41) is 1.32. The van der Waals surface area contributed by atoms with Crippen molar-refractivity contribution in [3.63, 3.8) is 0 Å². The Morgan fingerprint density at radius 1 is 1.06 bits per heavy atom. The average molecular weight is 758 g/mol. The third-order valence-electron chi connectivity index (χ3n) is 8.56. The molecule has 0 bridgehead atoms. The Kier molecular flexibility index (Phi) is 9.65. The summed E-state index contributed by atoms with van der Waals surface area (Å²) in [7, 11) is -3.71. The van der Waals surface area contributed by atoms with Crippen LogP contribution in [0.5, 0.6) is 5.75 Å². The van der Waals surface area contributed by atoms with Gasteiger partial charge >= 0.3 is 5.56 Å². The summed E-state index contributed by atoms with van der Waals surface area (Å²) in [5.41, 5.74) is 1.32. The van der Waals surface area contributed by atoms with E-state index < -0.39 is 15.6 Å². The maximum absolute atomic E-state index is 14.6. The first-order valence-electron chi connectivity index (χ1n) is 16.1. The Morgan fingerprint density at radius 3 is 2.52 bits per heavy atom. The highest BCUT2D eigenvalue weighted by Gasteiger charge is 2.34. The number of carbonyl (C=O) groups excluding carboxylic acids is 1. The highest BCUT2D eigenvalue weighted by atomic mass is 35.5. The number of sulfonamides is 1. The number of rotatable bonds is 9. The summed E-state index contributed by atoms with van der Waals surface area (Å²) in [6.45, 7) is 4.71. The van der Waals surface area contributed by atoms with Crippen molar-refractivity contribution in [2.45, 2.75) is 52.0 Å². The van der Waals surface area contributed by atoms with Crippen molar-refractivity contribution >= 4 is 62.1 Å². The zero-order chi connectivity index (χ0) is 35.2. The molecule has 16 heteroatoms. The number of ether oxygens (including phenoxy) is 2. The lowest BCUT2D eigenvalue weighted by molar-refractivity contribution is -0.143. The molecule has 5 aromatic rings. The van der Waals surface area contributed by atoms with Crippen LogP contribution in [-0.2, 0) is 39.1 Å². The molecule has 0 spiro atoms. The van der Waals surface area contributed by atoms with Crippen LogP contribution >= 0.6 is 34.5 Å². The summed E-state index contributed by atoms with van der Waals surface area (Å²) in [5.74, 6) is -0.154. The molecule has 3 aromatic heterocycles. The van der Waals surface area contributed by atoms with Gasteiger partial charge in [-0.25, -0.2) is 22.8 Å². The van der Waals surface area contributed by atoms with Crippen molar-refractivity contribution in [3.8, 4) is 16.5 Å². The summed E-state index contributed by atoms with van der Waals surface area (Å²) in [4.78, 5) is 40.4. The number of halogens is 2. The van der Waals surface area contributed by atoms with Crippen LogP contribution in [0.15, 0.2) is 65.7 Å². The predicted octanol–water partition coefficient (Wildman–Crippen LogP) is 5.27. The van der Waals surface area contributed by atoms with Gasteiger partial charge in [0, 0.05) is 37.1 Å². The number of hydrogen-bond acceptors (Lipinski definition) is 9. The van der Waals surface area contributed by atoms with Crippen LogP contribution in [0.3, 0.4) is 0 Å². The van der Waals surface area contributed by atoms with Gasteiger partial charge in [-0.05, 0) is 43.5 Å². The van der Waals surface area contributed by atoms with Crippen LogP contribution in [0, 0.1) is 0 Å². The molecule has 2 saturated heterocycles. The molecule has 262 valence electrons. The molecule has 0 aliphatic carbocycles. The van der Waals surface area contributed by atoms with Gasteiger partial charge in [0.05, 0.1) is 34.2 Å². The zero-order valence-corrected chi connectivity index (χ0v) is 30.4. The maximum Gasteiger partial charge on any atom is 0.303 e. The van der Waals surface area contributed by atoms with Gasteiger partial charge < -0.3 is 18.9 Å². The Labute approximate surface area is 302 Å². The van der Waals surface area contributed by atoms with E-state index >= 15 is 0 Å². The molecule has 1 amide bonds. The molecule has 2 aliphatic heterocycles. The molecule has 2 atom stereocenters. The Morgan fingerprint density at radius 2 is 1.82 bits per heavy atom. The predicted molar refractivity (Wildman–Crippen MR) is 193 cm³/mol. The molecule has 2 fully saturated rings. The maximum atomic E-state index is 14.6. The second kappa shape index (κ2) is 14.0. The summed E-state index contributed by atoms with van der Waals surface area (Å²) in [6.07, 6.45) is 3.84. The molecule has 0 saturated carbocycles. The normalized spacial score (nSPS) is 19.0. The molecule has 2 unspecified atom stereocenters. The second-order valence-electron chi connectivity index (χ2n) is 12.5. The van der Waals surface area contributed by atoms with Crippen LogP contribution in [0.25, 0.3) is 16.5 Å². The van der Waals surface area contributed by atoms with Crippen molar-refractivity contribution in [1.82, 2.24) is 23.8 Å². The number of hydrogen-bond donors (Lipinski definition) is 0. The summed E-state index contributed by atoms with van der Waals surface area (Å²) in [6, 6.07) is 14.8. The monoisotopic (exact) mass is 756 g/mol. The minimum atomic E-state index is -3.71. The molecule has 0 radical (unpaired) electrons. The van der Waals surface area contributed by atoms with Crippen LogP contribution < -0.4 is 14.6 Å². The average Bonchev–Trinajstić information content (AvgIpc) is 3.78. The fraction of sp³-hybridized carbons (Fsp3) is 0.353. The van der Waals surface area contributed by atoms with Gasteiger partial charge in [-0.15, -0.1) is 11.3 Å². The summed E-state index contributed by atoms with van der Waals surface area (Å²) < 4.78 is 42.4. The lowest BCUT2D eigenvalue weighted by Gasteiger charge is -2.35. The number of anilines is 1. The van der Waals surface area contributed by atoms with Crippen molar-refractivity contribution in [3.05, 3.63) is 97.3 Å². The number of benzene rings is 2. The SMILES string of the molecule is CC1CN(C(=O)Cn2cc(N3CCCS3(=O)=O)n3c(=O)c(OCc4ccccc4)c(-c4ncc(Cc5ccc(Cl)c(Cl)c5)s4)nc23)CC(C)O1. The van der Waals surface area contributed by atoms with E-state index in [1.807, 2.05) is 50.2 Å². The molecule has 2 aromatic carbocycles. The molecule has 7 rings (SSSR count). The molecule has 12 nitrogen and oxygen atoms in total. The van der Waals surface area contributed by atoms with Gasteiger partial charge in [0.2, 0.25) is 27.5 Å². The molecular weight excluding hydrogens is 723 g/mol. The fourth-order valence-corrected chi connectivity index (χ4v) is 9.11. The standard InChI is InChI=1S/C34H34Cl2N6O6S2/c1-21-16-39(17-22(2)48-21)29(43)19-40-18-28(41-11-6-12-50(41,45)46)42-33(44)31(47-20-23-7-4-3-5-8-23)30(38-34(40)42)32-37-15-25(49-32)13-24-9-10-26(35)27(36)14-24/h3-5,7-10,14-15,18,21-22H,6,11-13,16-17,19-20H2,1-2H3. The van der Waals surface area contributed by atoms with Gasteiger partial charge in [-0.1, -0.05) is 59.6 Å². The van der Waals surface area contributed by atoms with E-state index in [4.69, 9.17) is 37.7 Å². The number of morpholine rings is 1. The fourth-order valence-electron chi connectivity index (χ4n) is 6.32. The van der Waals surface area contributed by atoms with Crippen LogP contribution in [0.4, 0.5) is 5.82 Å². The van der Waals surface area contributed by atoms with Crippen LogP contribution in [0.1, 0.15) is 36.3 Å². The quantitative estimate of drug-likeness (QED) is 0.199. The van der Waals surface area contributed by atoms with Crippen LogP contribution in [-0.4, -0.2) is 75.8 Å². The van der Waals surface area contributed by atoms with Gasteiger partial charge in [0.25, 0.3) is 0 Å². The Hall–Kier alpha value is -3.95. The van der Waals surface area contributed by atoms with E-state index in [9.17, 15) is 18.0 Å². The van der Waals surface area contributed by atoms with Gasteiger partial charge in [-0.2, -0.15) is 0 Å². The number of thiazole rings is 1. The van der Waals surface area contributed by atoms with Gasteiger partial charge in [0.1, 0.15) is 24.0 Å². The third kappa shape index (κ3) is 6.99. The van der Waals surface area contributed by atoms with E-state index in [-0.39, 0.29) is 66.6 Å². The molecule has 2 aliphatic rings. The number of amides is 1. The molecule has 0 N–H and O–H groups in total. The topological polar surface area (TPSA) is 128 Å². The Bertz CT molecular complexity index is 2230. The lowest BCUT2D eigenvalue weighted by Crippen LogP contribution is -2.49. The highest BCUT2D eigenvalue weighted by Crippen LogP contribution is 2.34. The van der Waals surface area contributed by atoms with E-state index in [1.54, 1.807) is 23.2 Å². The lowest BCUT2D eigenvalue weighted by atomic mass is 10.1. The minimum Gasteiger partial charge on any atom is -0.481 e. The molecular formula is C34H34Cl2N6O6S2. The first kappa shape index (κ1) is 34.5. The van der Waals surface area contributed by atoms with Crippen molar-refractivity contribution < 1.29 is 22.7 Å². The number of carbonyl (C=O) groups is 1. The van der Waals surface area contributed by atoms with E-state index in [0.29, 0.717) is 41.0 Å². The second-order valence-corrected chi connectivity index (χ2v) is 16.4. The number of imidazole rings is 1. The smallest absolute Gasteiger partial charge is 0.303 e. The van der Waals surface area contributed by atoms with Crippen molar-refractivity contribution in [2.75, 3.05) is 29.7 Å². The summed E-state index contributed by atoms with van der Waals surface area (Å²) >= 11 is 13.7. The molecule has 50 heavy (non-hydrogen) atoms. The number of nitrogens with zero attached hydrogens (tertiary/aromatic N) is 6. The van der Waals surface area contributed by atoms with Crippen molar-refractivity contribution in [1.29, 1.82) is 0 Å². The van der Waals surface area contributed by atoms with E-state index in [1.165, 1.54) is 30.8 Å². The van der Waals surface area contributed by atoms with E-state index in [2.05, 4.69) is 4.98 Å². The molecule has 5 heterocycles. The number of fused-ring (bicyclic) bond motifs is 1. The van der Waals surface area contributed by atoms with Crippen LogP contribution in [0.2, 0.25) is 10.0 Å². The Balaban J connectivity index is 1.35. The first-order valence-corrected chi connectivity index (χ1v) is 19.3.